The molecule has 0 heterocycles. The number of aromatic hydroxyl groups is 1. The molecule has 0 bridgehead atoms. The summed E-state index contributed by atoms with van der Waals surface area (Å²) in [5, 5.41) is 12.2. The van der Waals surface area contributed by atoms with E-state index in [1.807, 2.05) is 36.4 Å². The molecular weight excluding hydrogens is 314 g/mol. The normalized spacial score (nSPS) is 9.76. The van der Waals surface area contributed by atoms with Crippen LogP contribution in [0.4, 0.5) is 5.69 Å². The number of phenolic OH excluding ortho intramolecular Hbond substituents is 1. The highest BCUT2D eigenvalue weighted by atomic mass is 16.3. The second-order valence-electron chi connectivity index (χ2n) is 5.36. The van der Waals surface area contributed by atoms with Gasteiger partial charge < -0.3 is 5.11 Å². The van der Waals surface area contributed by atoms with Crippen molar-refractivity contribution in [3.05, 3.63) is 88.3 Å². The quantitative estimate of drug-likeness (QED) is 0.432. The van der Waals surface area contributed by atoms with Gasteiger partial charge in [-0.25, -0.2) is 0 Å². The molecule has 0 aliphatic carbocycles. The van der Waals surface area contributed by atoms with E-state index >= 15 is 0 Å². The lowest BCUT2D eigenvalue weighted by Crippen LogP contribution is -1.83. The zero-order valence-electron chi connectivity index (χ0n) is 13.1. The Morgan fingerprint density at radius 3 is 1.96 bits per heavy atom. The summed E-state index contributed by atoms with van der Waals surface area (Å²) in [7, 11) is 0. The number of aldehydes is 1. The van der Waals surface area contributed by atoms with Crippen LogP contribution in [-0.2, 0) is 0 Å². The van der Waals surface area contributed by atoms with Crippen molar-refractivity contribution in [2.75, 3.05) is 0 Å². The second kappa shape index (κ2) is 7.24. The molecule has 3 aromatic rings. The van der Waals surface area contributed by atoms with Gasteiger partial charge in [-0.3, -0.25) is 4.79 Å². The Balaban J connectivity index is 1.83. The zero-order valence-corrected chi connectivity index (χ0v) is 13.1. The molecule has 25 heavy (non-hydrogen) atoms. The topological polar surface area (TPSA) is 66.7 Å². The van der Waals surface area contributed by atoms with Crippen molar-refractivity contribution in [1.29, 1.82) is 0 Å². The van der Waals surface area contributed by atoms with E-state index in [0.717, 1.165) is 16.7 Å². The molecule has 0 unspecified atom stereocenters. The third-order valence-corrected chi connectivity index (χ3v) is 3.69. The maximum atomic E-state index is 10.8. The summed E-state index contributed by atoms with van der Waals surface area (Å²) in [5.74, 6) is 6.20. The van der Waals surface area contributed by atoms with E-state index in [0.29, 0.717) is 11.8 Å². The molecule has 0 atom stereocenters. The molecule has 4 heteroatoms. The van der Waals surface area contributed by atoms with Gasteiger partial charge in [0.1, 0.15) is 11.4 Å². The summed E-state index contributed by atoms with van der Waals surface area (Å²) in [6, 6.07) is 19.4. The van der Waals surface area contributed by atoms with Crippen molar-refractivity contribution in [2.24, 2.45) is 5.18 Å². The van der Waals surface area contributed by atoms with E-state index in [9.17, 15) is 14.8 Å². The molecule has 0 saturated carbocycles. The Morgan fingerprint density at radius 2 is 1.36 bits per heavy atom. The monoisotopic (exact) mass is 327 g/mol. The van der Waals surface area contributed by atoms with Crippen LogP contribution in [0.1, 0.15) is 21.5 Å². The number of nitroso groups, excluding NO2 is 1. The second-order valence-corrected chi connectivity index (χ2v) is 5.36. The van der Waals surface area contributed by atoms with E-state index in [2.05, 4.69) is 17.0 Å². The van der Waals surface area contributed by atoms with Crippen LogP contribution in [0, 0.1) is 16.7 Å². The Hall–Kier alpha value is -3.71. The molecule has 0 aliphatic rings. The van der Waals surface area contributed by atoms with Crippen molar-refractivity contribution < 1.29 is 9.90 Å². The minimum atomic E-state index is 0.0875. The summed E-state index contributed by atoms with van der Waals surface area (Å²) < 4.78 is 0. The van der Waals surface area contributed by atoms with Gasteiger partial charge in [-0.1, -0.05) is 36.1 Å². The first-order chi connectivity index (χ1) is 12.2. The van der Waals surface area contributed by atoms with Crippen LogP contribution in [0.2, 0.25) is 0 Å². The molecule has 0 fully saturated rings. The van der Waals surface area contributed by atoms with Crippen molar-refractivity contribution in [3.8, 4) is 28.7 Å². The summed E-state index contributed by atoms with van der Waals surface area (Å²) in [5.41, 5.74) is 3.80. The van der Waals surface area contributed by atoms with Gasteiger partial charge in [-0.15, -0.1) is 4.91 Å². The van der Waals surface area contributed by atoms with Gasteiger partial charge in [-0.05, 0) is 58.8 Å². The first-order valence-corrected chi connectivity index (χ1v) is 7.53. The van der Waals surface area contributed by atoms with Crippen molar-refractivity contribution in [2.45, 2.75) is 0 Å². The molecule has 0 saturated heterocycles. The maximum absolute atomic E-state index is 10.8. The van der Waals surface area contributed by atoms with Crippen LogP contribution in [-0.4, -0.2) is 11.4 Å². The van der Waals surface area contributed by atoms with Gasteiger partial charge in [0.25, 0.3) is 0 Å². The Labute approximate surface area is 144 Å². The fourth-order valence-corrected chi connectivity index (χ4v) is 2.34. The highest BCUT2D eigenvalue weighted by molar-refractivity contribution is 5.83. The summed E-state index contributed by atoms with van der Waals surface area (Å²) >= 11 is 0. The fourth-order valence-electron chi connectivity index (χ4n) is 2.34. The van der Waals surface area contributed by atoms with Gasteiger partial charge in [0.2, 0.25) is 0 Å². The van der Waals surface area contributed by atoms with E-state index in [-0.39, 0.29) is 17.0 Å². The molecule has 0 radical (unpaired) electrons. The Morgan fingerprint density at radius 1 is 0.800 bits per heavy atom. The lowest BCUT2D eigenvalue weighted by Gasteiger charge is -2.02. The van der Waals surface area contributed by atoms with Gasteiger partial charge in [0.05, 0.1) is 0 Å². The number of nitrogens with zero attached hydrogens (tertiary/aromatic N) is 1. The van der Waals surface area contributed by atoms with E-state index < -0.39 is 0 Å². The number of phenols is 1. The summed E-state index contributed by atoms with van der Waals surface area (Å²) in [6.45, 7) is 0. The van der Waals surface area contributed by atoms with Crippen molar-refractivity contribution >= 4 is 12.0 Å². The van der Waals surface area contributed by atoms with Gasteiger partial charge in [0, 0.05) is 16.7 Å². The van der Waals surface area contributed by atoms with Gasteiger partial charge >= 0.3 is 0 Å². The number of carbonyl (C=O) groups excluding carboxylic acids is 1. The predicted octanol–water partition coefficient (Wildman–Crippen LogP) is 4.67. The number of rotatable bonds is 3. The van der Waals surface area contributed by atoms with Crippen molar-refractivity contribution in [1.82, 2.24) is 0 Å². The molecule has 0 aromatic heterocycles. The number of hydrogen-bond donors (Lipinski definition) is 1. The first kappa shape index (κ1) is 16.2. The standard InChI is InChI=1S/C21H13NO3/c23-14-19-8-5-16(13-21(19)22-25)2-1-15-3-6-17(7-4-15)18-9-11-20(24)12-10-18/h3-14,24H. The Kier molecular flexibility index (Phi) is 4.68. The molecule has 0 aliphatic heterocycles. The number of benzene rings is 3. The van der Waals surface area contributed by atoms with Crippen LogP contribution < -0.4 is 0 Å². The average molecular weight is 327 g/mol. The molecule has 4 nitrogen and oxygen atoms in total. The summed E-state index contributed by atoms with van der Waals surface area (Å²) in [4.78, 5) is 21.5. The van der Waals surface area contributed by atoms with Gasteiger partial charge in [0.15, 0.2) is 6.29 Å². The average Bonchev–Trinajstić information content (AvgIpc) is 2.67. The van der Waals surface area contributed by atoms with Gasteiger partial charge in [-0.2, -0.15) is 0 Å². The summed E-state index contributed by atoms with van der Waals surface area (Å²) in [6.07, 6.45) is 0.593. The lowest BCUT2D eigenvalue weighted by atomic mass is 10.0. The molecule has 3 rings (SSSR count). The SMILES string of the molecule is O=Cc1ccc(C#Cc2ccc(-c3ccc(O)cc3)cc2)cc1N=O. The Bertz CT molecular complexity index is 978. The molecule has 1 N–H and O–H groups in total. The largest absolute Gasteiger partial charge is 0.508 e. The highest BCUT2D eigenvalue weighted by Gasteiger charge is 2.02. The lowest BCUT2D eigenvalue weighted by molar-refractivity contribution is 0.112. The van der Waals surface area contributed by atoms with Crippen LogP contribution in [0.25, 0.3) is 11.1 Å². The molecule has 0 amide bonds. The molecule has 120 valence electrons. The van der Waals surface area contributed by atoms with Crippen LogP contribution in [0.3, 0.4) is 0 Å². The minimum absolute atomic E-state index is 0.0875. The van der Waals surface area contributed by atoms with Crippen LogP contribution >= 0.6 is 0 Å². The smallest absolute Gasteiger partial charge is 0.152 e. The molecule has 3 aromatic carbocycles. The predicted molar refractivity (Wildman–Crippen MR) is 96.8 cm³/mol. The number of carbonyl (C=O) groups is 1. The van der Waals surface area contributed by atoms with E-state index in [1.54, 1.807) is 18.2 Å². The van der Waals surface area contributed by atoms with E-state index in [1.165, 1.54) is 12.1 Å². The number of hydrogen-bond acceptors (Lipinski definition) is 4. The van der Waals surface area contributed by atoms with Crippen molar-refractivity contribution in [3.63, 3.8) is 0 Å². The third kappa shape index (κ3) is 3.80. The fraction of sp³-hybridized carbons (Fsp3) is 0. The molecular formula is C21H13NO3. The molecule has 0 spiro atoms. The third-order valence-electron chi connectivity index (χ3n) is 3.69. The van der Waals surface area contributed by atoms with Crippen LogP contribution in [0.5, 0.6) is 5.75 Å². The minimum Gasteiger partial charge on any atom is -0.508 e. The van der Waals surface area contributed by atoms with E-state index in [4.69, 9.17) is 0 Å². The highest BCUT2D eigenvalue weighted by Crippen LogP contribution is 2.22. The first-order valence-electron chi connectivity index (χ1n) is 7.53. The maximum Gasteiger partial charge on any atom is 0.152 e. The van der Waals surface area contributed by atoms with Crippen LogP contribution in [0.15, 0.2) is 71.9 Å². The zero-order chi connectivity index (χ0) is 17.6.